The van der Waals surface area contributed by atoms with Gasteiger partial charge < -0.3 is 20.5 Å². The van der Waals surface area contributed by atoms with Crippen LogP contribution in [0.4, 0.5) is 11.4 Å². The number of aliphatic hydroxyl groups is 1. The normalized spacial score (nSPS) is 21.7. The molecule has 2 aromatic rings. The van der Waals surface area contributed by atoms with Crippen molar-refractivity contribution in [3.05, 3.63) is 30.6 Å². The monoisotopic (exact) mass is 287 g/mol. The summed E-state index contributed by atoms with van der Waals surface area (Å²) in [6, 6.07) is 5.99. The van der Waals surface area contributed by atoms with Crippen molar-refractivity contribution < 1.29 is 9.84 Å². The van der Waals surface area contributed by atoms with Crippen LogP contribution in [0.25, 0.3) is 10.8 Å². The van der Waals surface area contributed by atoms with Gasteiger partial charge in [-0.15, -0.1) is 0 Å². The van der Waals surface area contributed by atoms with Crippen molar-refractivity contribution >= 4 is 22.1 Å². The van der Waals surface area contributed by atoms with Gasteiger partial charge in [0.2, 0.25) is 0 Å². The molecule has 1 unspecified atom stereocenters. The number of nitrogen functional groups attached to an aromatic ring is 1. The first-order chi connectivity index (χ1) is 10.00. The molecule has 5 heteroatoms. The van der Waals surface area contributed by atoms with Gasteiger partial charge in [-0.25, -0.2) is 0 Å². The van der Waals surface area contributed by atoms with E-state index in [-0.39, 0.29) is 18.3 Å². The quantitative estimate of drug-likeness (QED) is 0.824. The lowest BCUT2D eigenvalue weighted by molar-refractivity contribution is -0.100. The number of pyridine rings is 1. The van der Waals surface area contributed by atoms with E-state index in [1.165, 1.54) is 0 Å². The lowest BCUT2D eigenvalue weighted by atomic mass is 10.0. The Balaban J connectivity index is 2.01. The summed E-state index contributed by atoms with van der Waals surface area (Å²) in [5, 5.41) is 11.5. The van der Waals surface area contributed by atoms with E-state index in [1.54, 1.807) is 6.20 Å². The summed E-state index contributed by atoms with van der Waals surface area (Å²) in [5.74, 6) is 0. The first kappa shape index (κ1) is 14.1. The van der Waals surface area contributed by atoms with Crippen LogP contribution in [0.1, 0.15) is 13.8 Å². The summed E-state index contributed by atoms with van der Waals surface area (Å²) in [7, 11) is 0. The van der Waals surface area contributed by atoms with Crippen LogP contribution in [0, 0.1) is 0 Å². The number of benzene rings is 1. The van der Waals surface area contributed by atoms with E-state index >= 15 is 0 Å². The number of anilines is 2. The standard InChI is InChI=1S/C16H21N3O2/c1-16(2)10-19(8-12(9-20)21-16)14-4-3-11-7-18-6-5-13(11)15(14)17/h3-7,12,20H,8-10,17H2,1-2H3. The van der Waals surface area contributed by atoms with Gasteiger partial charge in [0.1, 0.15) is 0 Å². The molecule has 1 saturated heterocycles. The molecule has 0 spiro atoms. The fraction of sp³-hybridized carbons (Fsp3) is 0.438. The number of aliphatic hydroxyl groups excluding tert-OH is 1. The Labute approximate surface area is 124 Å². The first-order valence-corrected chi connectivity index (χ1v) is 7.16. The fourth-order valence-corrected chi connectivity index (χ4v) is 3.03. The highest BCUT2D eigenvalue weighted by Gasteiger charge is 2.33. The number of aromatic nitrogens is 1. The predicted molar refractivity (Wildman–Crippen MR) is 84.4 cm³/mol. The number of ether oxygens (including phenoxy) is 1. The van der Waals surface area contributed by atoms with Gasteiger partial charge in [0, 0.05) is 36.3 Å². The molecule has 112 valence electrons. The summed E-state index contributed by atoms with van der Waals surface area (Å²) in [4.78, 5) is 6.32. The molecule has 21 heavy (non-hydrogen) atoms. The molecule has 1 atom stereocenters. The van der Waals surface area contributed by atoms with Crippen LogP contribution < -0.4 is 10.6 Å². The van der Waals surface area contributed by atoms with Crippen molar-refractivity contribution in [3.8, 4) is 0 Å². The highest BCUT2D eigenvalue weighted by molar-refractivity contribution is 5.98. The molecule has 0 aliphatic carbocycles. The Bertz CT molecular complexity index is 657. The molecule has 0 bridgehead atoms. The summed E-state index contributed by atoms with van der Waals surface area (Å²) in [6.45, 7) is 5.45. The summed E-state index contributed by atoms with van der Waals surface area (Å²) >= 11 is 0. The van der Waals surface area contributed by atoms with Gasteiger partial charge in [-0.2, -0.15) is 0 Å². The maximum absolute atomic E-state index is 9.44. The molecular weight excluding hydrogens is 266 g/mol. The van der Waals surface area contributed by atoms with Crippen LogP contribution in [0.5, 0.6) is 0 Å². The number of hydrogen-bond donors (Lipinski definition) is 2. The predicted octanol–water partition coefficient (Wildman–Crippen LogP) is 1.79. The number of rotatable bonds is 2. The van der Waals surface area contributed by atoms with E-state index in [4.69, 9.17) is 10.5 Å². The van der Waals surface area contributed by atoms with Crippen LogP contribution in [-0.4, -0.2) is 41.5 Å². The van der Waals surface area contributed by atoms with E-state index in [2.05, 4.69) is 9.88 Å². The minimum absolute atomic E-state index is 0.0112. The third-order valence-corrected chi connectivity index (χ3v) is 3.86. The van der Waals surface area contributed by atoms with E-state index in [0.717, 1.165) is 28.7 Å². The summed E-state index contributed by atoms with van der Waals surface area (Å²) in [5.41, 5.74) is 7.78. The molecule has 1 aliphatic heterocycles. The van der Waals surface area contributed by atoms with Gasteiger partial charge in [0.25, 0.3) is 0 Å². The topological polar surface area (TPSA) is 71.6 Å². The highest BCUT2D eigenvalue weighted by Crippen LogP contribution is 2.34. The van der Waals surface area contributed by atoms with E-state index < -0.39 is 0 Å². The SMILES string of the molecule is CC1(C)CN(c2ccc3cnccc3c2N)CC(CO)O1. The fourth-order valence-electron chi connectivity index (χ4n) is 3.03. The molecule has 3 N–H and O–H groups in total. The van der Waals surface area contributed by atoms with Crippen LogP contribution in [-0.2, 0) is 4.74 Å². The molecule has 2 heterocycles. The van der Waals surface area contributed by atoms with Gasteiger partial charge in [-0.05, 0) is 26.0 Å². The molecule has 0 radical (unpaired) electrons. The summed E-state index contributed by atoms with van der Waals surface area (Å²) in [6.07, 6.45) is 3.37. The van der Waals surface area contributed by atoms with Gasteiger partial charge in [0.15, 0.2) is 0 Å². The second-order valence-corrected chi connectivity index (χ2v) is 6.16. The lowest BCUT2D eigenvalue weighted by Crippen LogP contribution is -2.54. The number of hydrogen-bond acceptors (Lipinski definition) is 5. The lowest BCUT2D eigenvalue weighted by Gasteiger charge is -2.43. The largest absolute Gasteiger partial charge is 0.397 e. The third-order valence-electron chi connectivity index (χ3n) is 3.86. The Morgan fingerprint density at radius 1 is 1.43 bits per heavy atom. The minimum Gasteiger partial charge on any atom is -0.397 e. The van der Waals surface area contributed by atoms with Crippen molar-refractivity contribution in [1.29, 1.82) is 0 Å². The molecule has 0 saturated carbocycles. The zero-order valence-corrected chi connectivity index (χ0v) is 12.4. The second-order valence-electron chi connectivity index (χ2n) is 6.16. The van der Waals surface area contributed by atoms with Crippen molar-refractivity contribution in [1.82, 2.24) is 4.98 Å². The van der Waals surface area contributed by atoms with Crippen molar-refractivity contribution in [2.45, 2.75) is 25.6 Å². The van der Waals surface area contributed by atoms with Crippen molar-refractivity contribution in [2.75, 3.05) is 30.3 Å². The zero-order chi connectivity index (χ0) is 15.0. The van der Waals surface area contributed by atoms with Crippen LogP contribution in [0.15, 0.2) is 30.6 Å². The van der Waals surface area contributed by atoms with Crippen molar-refractivity contribution in [2.24, 2.45) is 0 Å². The Morgan fingerprint density at radius 2 is 2.24 bits per heavy atom. The molecule has 1 aromatic heterocycles. The number of fused-ring (bicyclic) bond motifs is 1. The van der Waals surface area contributed by atoms with Gasteiger partial charge in [-0.1, -0.05) is 6.07 Å². The van der Waals surface area contributed by atoms with Crippen LogP contribution in [0.3, 0.4) is 0 Å². The Kier molecular flexibility index (Phi) is 3.47. The molecule has 0 amide bonds. The molecule has 3 rings (SSSR count). The average Bonchev–Trinajstić information content (AvgIpc) is 2.46. The Morgan fingerprint density at radius 3 is 3.00 bits per heavy atom. The maximum Gasteiger partial charge on any atom is 0.0988 e. The summed E-state index contributed by atoms with van der Waals surface area (Å²) < 4.78 is 5.86. The molecular formula is C16H21N3O2. The minimum atomic E-state index is -0.314. The Hall–Kier alpha value is -1.85. The van der Waals surface area contributed by atoms with E-state index in [9.17, 15) is 5.11 Å². The highest BCUT2D eigenvalue weighted by atomic mass is 16.5. The van der Waals surface area contributed by atoms with Crippen LogP contribution in [0.2, 0.25) is 0 Å². The third kappa shape index (κ3) is 2.66. The molecule has 1 fully saturated rings. The molecule has 1 aromatic carbocycles. The number of morpholine rings is 1. The van der Waals surface area contributed by atoms with Crippen molar-refractivity contribution in [3.63, 3.8) is 0 Å². The first-order valence-electron chi connectivity index (χ1n) is 7.16. The van der Waals surface area contributed by atoms with Gasteiger partial charge >= 0.3 is 0 Å². The van der Waals surface area contributed by atoms with E-state index in [0.29, 0.717) is 6.54 Å². The maximum atomic E-state index is 9.44. The number of nitrogens with zero attached hydrogens (tertiary/aromatic N) is 2. The average molecular weight is 287 g/mol. The van der Waals surface area contributed by atoms with Gasteiger partial charge in [-0.3, -0.25) is 4.98 Å². The number of nitrogens with two attached hydrogens (primary N) is 1. The van der Waals surface area contributed by atoms with Gasteiger partial charge in [0.05, 0.1) is 29.7 Å². The van der Waals surface area contributed by atoms with E-state index in [1.807, 2.05) is 38.2 Å². The molecule has 5 nitrogen and oxygen atoms in total. The van der Waals surface area contributed by atoms with Crippen LogP contribution >= 0.6 is 0 Å². The molecule has 1 aliphatic rings. The second kappa shape index (κ2) is 5.16. The smallest absolute Gasteiger partial charge is 0.0988 e. The zero-order valence-electron chi connectivity index (χ0n) is 12.4.